The lowest BCUT2D eigenvalue weighted by atomic mass is 9.96. The van der Waals surface area contributed by atoms with Crippen molar-refractivity contribution in [3.63, 3.8) is 0 Å². The maximum atomic E-state index is 12.3. The molecular weight excluding hydrogens is 704 g/mol. The minimum Gasteiger partial charge on any atom is -0.481 e. The van der Waals surface area contributed by atoms with Crippen LogP contribution in [-0.4, -0.2) is 92.5 Å². The molecule has 0 fully saturated rings. The Morgan fingerprint density at radius 3 is 1.42 bits per heavy atom. The summed E-state index contributed by atoms with van der Waals surface area (Å²) >= 11 is 0. The molecule has 1 heterocycles. The molecule has 3 aromatic rings. The molecule has 1 aliphatic heterocycles. The van der Waals surface area contributed by atoms with Gasteiger partial charge >= 0.3 is 53.7 Å². The maximum absolute atomic E-state index is 12.3. The van der Waals surface area contributed by atoms with Crippen LogP contribution in [0, 0.1) is 5.41 Å². The third-order valence-corrected chi connectivity index (χ3v) is 6.82. The zero-order valence-electron chi connectivity index (χ0n) is 28.2. The largest absolute Gasteiger partial charge is 0.481 e. The number of benzene rings is 3. The molecule has 17 nitrogen and oxygen atoms in total. The highest BCUT2D eigenvalue weighted by Gasteiger charge is 2.31. The first-order chi connectivity index (χ1) is 24.8. The van der Waals surface area contributed by atoms with Crippen molar-refractivity contribution in [2.24, 2.45) is 5.41 Å². The Balaban J connectivity index is 0.000000360. The number of cyclic esters (lactones) is 2. The van der Waals surface area contributed by atoms with Gasteiger partial charge in [0.2, 0.25) is 0 Å². The number of unbranched alkanes of at least 4 members (excludes halogenated alkanes) is 1. The molecule has 1 aliphatic rings. The quantitative estimate of drug-likeness (QED) is 0.0657. The second-order valence-electron chi connectivity index (χ2n) is 11.8. The monoisotopic (exact) mass is 738 g/mol. The topological polar surface area (TPSA) is 282 Å². The van der Waals surface area contributed by atoms with Crippen LogP contribution in [0.1, 0.15) is 112 Å². The Kier molecular flexibility index (Phi) is 15.5. The van der Waals surface area contributed by atoms with Gasteiger partial charge in [0.15, 0.2) is 0 Å². The standard InChI is InChI=1S/C22H18O9.C8H6O4.C6H10O4/c1-22(2,10-29-18(25)13-5-3-12(4-6-13)17(23)24)11-30-19(26)14-7-8-15-16(9-14)21(28)31-20(15)27;9-7(10)5-2-1-3-6(4-5)8(11)12;7-5(8)3-1-2-4-6(9)10/h3-9H,10-11H2,1-2H3,(H,23,24);1-4H,(H,9,10)(H,11,12);1-4H2,(H,7,8)(H,9,10). The summed E-state index contributed by atoms with van der Waals surface area (Å²) in [5.41, 5.74) is -0.351. The van der Waals surface area contributed by atoms with Crippen LogP contribution in [0.25, 0.3) is 0 Å². The SMILES string of the molecule is CC(C)(COC(=O)c1ccc(C(=O)O)cc1)COC(=O)c1ccc2c(c1)C(=O)OC2=O.O=C(O)CCCCC(=O)O.O=C(O)c1cccc(C(=O)O)c1. The number of aliphatic carboxylic acids is 2. The number of aromatic carboxylic acids is 3. The van der Waals surface area contributed by atoms with Crippen molar-refractivity contribution < 1.29 is 82.9 Å². The Bertz CT molecular complexity index is 1840. The predicted octanol–water partition coefficient (Wildman–Crippen LogP) is 4.53. The zero-order chi connectivity index (χ0) is 39.9. The zero-order valence-corrected chi connectivity index (χ0v) is 28.2. The van der Waals surface area contributed by atoms with Crippen molar-refractivity contribution in [1.29, 1.82) is 0 Å². The van der Waals surface area contributed by atoms with Crippen LogP contribution in [-0.2, 0) is 23.8 Å². The molecule has 0 bridgehead atoms. The fourth-order valence-corrected chi connectivity index (χ4v) is 4.03. The van der Waals surface area contributed by atoms with E-state index in [2.05, 4.69) is 4.74 Å². The molecule has 53 heavy (non-hydrogen) atoms. The lowest BCUT2D eigenvalue weighted by Gasteiger charge is -2.23. The van der Waals surface area contributed by atoms with E-state index in [0.29, 0.717) is 12.8 Å². The van der Waals surface area contributed by atoms with Gasteiger partial charge in [-0.05, 0) is 73.5 Å². The number of rotatable bonds is 14. The molecule has 4 rings (SSSR count). The van der Waals surface area contributed by atoms with Crippen LogP contribution in [0.4, 0.5) is 0 Å². The van der Waals surface area contributed by atoms with E-state index in [0.717, 1.165) is 6.07 Å². The number of ether oxygens (including phenoxy) is 3. The summed E-state index contributed by atoms with van der Waals surface area (Å²) in [6, 6.07) is 14.4. The molecular formula is C36H34O17. The Labute approximate surface area is 300 Å². The van der Waals surface area contributed by atoms with Gasteiger partial charge in [0.25, 0.3) is 0 Å². The van der Waals surface area contributed by atoms with Crippen molar-refractivity contribution in [2.45, 2.75) is 39.5 Å². The van der Waals surface area contributed by atoms with Crippen molar-refractivity contribution >= 4 is 53.7 Å². The Morgan fingerprint density at radius 2 is 0.962 bits per heavy atom. The van der Waals surface area contributed by atoms with E-state index in [9.17, 15) is 43.2 Å². The highest BCUT2D eigenvalue weighted by Crippen LogP contribution is 2.23. The van der Waals surface area contributed by atoms with Crippen molar-refractivity contribution in [3.05, 3.63) is 106 Å². The van der Waals surface area contributed by atoms with Crippen molar-refractivity contribution in [2.75, 3.05) is 13.2 Å². The number of carboxylic acids is 5. The molecule has 0 spiro atoms. The smallest absolute Gasteiger partial charge is 0.346 e. The first kappa shape index (κ1) is 42.3. The number of hydrogen-bond donors (Lipinski definition) is 5. The summed E-state index contributed by atoms with van der Waals surface area (Å²) in [4.78, 5) is 99.0. The molecule has 0 unspecified atom stereocenters. The summed E-state index contributed by atoms with van der Waals surface area (Å²) < 4.78 is 15.0. The van der Waals surface area contributed by atoms with E-state index < -0.39 is 59.1 Å². The molecule has 280 valence electrons. The normalized spacial score (nSPS) is 11.3. The van der Waals surface area contributed by atoms with Gasteiger partial charge in [-0.2, -0.15) is 0 Å². The molecule has 3 aromatic carbocycles. The molecule has 0 aromatic heterocycles. The minimum absolute atomic E-state index is 0.00144. The second kappa shape index (κ2) is 19.5. The van der Waals surface area contributed by atoms with Gasteiger partial charge < -0.3 is 39.7 Å². The van der Waals surface area contributed by atoms with Gasteiger partial charge in [-0.1, -0.05) is 19.9 Å². The lowest BCUT2D eigenvalue weighted by molar-refractivity contribution is -0.139. The van der Waals surface area contributed by atoms with Crippen LogP contribution in [0.5, 0.6) is 0 Å². The van der Waals surface area contributed by atoms with E-state index in [1.165, 1.54) is 60.7 Å². The number of esters is 4. The van der Waals surface area contributed by atoms with Gasteiger partial charge in [0.1, 0.15) is 0 Å². The summed E-state index contributed by atoms with van der Waals surface area (Å²) in [5.74, 6) is -8.03. The molecule has 5 N–H and O–H groups in total. The second-order valence-corrected chi connectivity index (χ2v) is 11.8. The number of carbonyl (C=O) groups is 9. The highest BCUT2D eigenvalue weighted by atomic mass is 16.6. The fraction of sp³-hybridized carbons (Fsp3) is 0.250. The van der Waals surface area contributed by atoms with E-state index in [1.807, 2.05) is 0 Å². The van der Waals surface area contributed by atoms with Crippen molar-refractivity contribution in [3.8, 4) is 0 Å². The van der Waals surface area contributed by atoms with E-state index in [1.54, 1.807) is 13.8 Å². The van der Waals surface area contributed by atoms with E-state index >= 15 is 0 Å². The lowest BCUT2D eigenvalue weighted by Crippen LogP contribution is -2.28. The van der Waals surface area contributed by atoms with Gasteiger partial charge in [-0.3, -0.25) is 9.59 Å². The molecule has 0 amide bonds. The van der Waals surface area contributed by atoms with E-state index in [4.69, 9.17) is 35.0 Å². The summed E-state index contributed by atoms with van der Waals surface area (Å²) in [6.07, 6.45) is 1.02. The molecule has 0 saturated heterocycles. The molecule has 0 saturated carbocycles. The number of carboxylic acid groups (broad SMARTS) is 5. The van der Waals surface area contributed by atoms with Gasteiger partial charge in [0, 0.05) is 18.3 Å². The van der Waals surface area contributed by atoms with Crippen LogP contribution in [0.2, 0.25) is 0 Å². The first-order valence-electron chi connectivity index (χ1n) is 15.4. The Morgan fingerprint density at radius 1 is 0.547 bits per heavy atom. The third-order valence-electron chi connectivity index (χ3n) is 6.82. The van der Waals surface area contributed by atoms with Crippen LogP contribution >= 0.6 is 0 Å². The van der Waals surface area contributed by atoms with Gasteiger partial charge in [0.05, 0.1) is 52.2 Å². The fourth-order valence-electron chi connectivity index (χ4n) is 4.03. The highest BCUT2D eigenvalue weighted by molar-refractivity contribution is 6.15. The molecule has 0 aliphatic carbocycles. The number of carbonyl (C=O) groups excluding carboxylic acids is 4. The van der Waals surface area contributed by atoms with Crippen LogP contribution in [0.3, 0.4) is 0 Å². The number of hydrogen-bond acceptors (Lipinski definition) is 12. The van der Waals surface area contributed by atoms with Gasteiger partial charge in [-0.15, -0.1) is 0 Å². The molecule has 0 radical (unpaired) electrons. The van der Waals surface area contributed by atoms with Gasteiger partial charge in [-0.25, -0.2) is 33.6 Å². The summed E-state index contributed by atoms with van der Waals surface area (Å²) in [5, 5.41) is 42.1. The summed E-state index contributed by atoms with van der Waals surface area (Å²) in [6.45, 7) is 3.29. The third kappa shape index (κ3) is 14.1. The maximum Gasteiger partial charge on any atom is 0.346 e. The van der Waals surface area contributed by atoms with E-state index in [-0.39, 0.29) is 65.0 Å². The average molecular weight is 739 g/mol. The number of fused-ring (bicyclic) bond motifs is 1. The summed E-state index contributed by atoms with van der Waals surface area (Å²) in [7, 11) is 0. The molecule has 17 heteroatoms. The predicted molar refractivity (Wildman–Crippen MR) is 178 cm³/mol. The van der Waals surface area contributed by atoms with Crippen LogP contribution < -0.4 is 0 Å². The minimum atomic E-state index is -1.13. The Hall–Kier alpha value is -6.91. The first-order valence-corrected chi connectivity index (χ1v) is 15.4. The van der Waals surface area contributed by atoms with Crippen LogP contribution in [0.15, 0.2) is 66.7 Å². The van der Waals surface area contributed by atoms with Crippen molar-refractivity contribution in [1.82, 2.24) is 0 Å². The molecule has 0 atom stereocenters. The average Bonchev–Trinajstić information content (AvgIpc) is 3.40.